The first-order valence-corrected chi connectivity index (χ1v) is 12.8. The van der Waals surface area contributed by atoms with Crippen molar-refractivity contribution in [2.75, 3.05) is 0 Å². The van der Waals surface area contributed by atoms with Gasteiger partial charge in [-0.1, -0.05) is 47.5 Å². The highest BCUT2D eigenvalue weighted by Gasteiger charge is 2.52. The maximum absolute atomic E-state index is 6.19. The number of nitrogens with zero attached hydrogens (tertiary/aromatic N) is 1. The fraction of sp³-hybridized carbons (Fsp3) is 0.696. The SMILES string of the molecule is Cc1cc(C#C[Si](C(C)C)(C(C)C)C(C)C)ncc1B1OC(C)(C)C(C)(C)O1. The van der Waals surface area contributed by atoms with Gasteiger partial charge >= 0.3 is 7.12 Å². The van der Waals surface area contributed by atoms with Gasteiger partial charge in [0.15, 0.2) is 0 Å². The van der Waals surface area contributed by atoms with Gasteiger partial charge in [-0.2, -0.15) is 0 Å². The molecule has 0 aliphatic carbocycles. The minimum atomic E-state index is -1.76. The zero-order valence-corrected chi connectivity index (χ0v) is 20.7. The van der Waals surface area contributed by atoms with Crippen molar-refractivity contribution in [3.05, 3.63) is 23.5 Å². The van der Waals surface area contributed by atoms with Gasteiger partial charge in [-0.05, 0) is 62.9 Å². The summed E-state index contributed by atoms with van der Waals surface area (Å²) >= 11 is 0. The second-order valence-corrected chi connectivity index (χ2v) is 15.7. The molecule has 154 valence electrons. The molecular weight excluding hydrogens is 361 g/mol. The number of pyridine rings is 1. The van der Waals surface area contributed by atoms with Gasteiger partial charge in [0.1, 0.15) is 13.8 Å². The van der Waals surface area contributed by atoms with Crippen molar-refractivity contribution in [1.29, 1.82) is 0 Å². The van der Waals surface area contributed by atoms with Gasteiger partial charge in [0.25, 0.3) is 0 Å². The van der Waals surface area contributed by atoms with Crippen LogP contribution in [0, 0.1) is 18.4 Å². The molecule has 0 saturated carbocycles. The predicted octanol–water partition coefficient (Wildman–Crippen LogP) is 5.26. The molecule has 0 aromatic carbocycles. The van der Waals surface area contributed by atoms with Crippen LogP contribution in [0.5, 0.6) is 0 Å². The summed E-state index contributed by atoms with van der Waals surface area (Å²) in [5, 5.41) is 0. The quantitative estimate of drug-likeness (QED) is 0.511. The maximum atomic E-state index is 6.19. The van der Waals surface area contributed by atoms with Crippen molar-refractivity contribution in [3.8, 4) is 11.5 Å². The molecule has 2 rings (SSSR count). The van der Waals surface area contributed by atoms with E-state index in [9.17, 15) is 0 Å². The second kappa shape index (κ2) is 7.97. The van der Waals surface area contributed by atoms with Crippen molar-refractivity contribution >= 4 is 20.7 Å². The molecule has 0 unspecified atom stereocenters. The van der Waals surface area contributed by atoms with E-state index in [1.807, 2.05) is 6.20 Å². The molecule has 0 atom stereocenters. The molecule has 1 fully saturated rings. The van der Waals surface area contributed by atoms with Crippen LogP contribution in [0.2, 0.25) is 16.6 Å². The summed E-state index contributed by atoms with van der Waals surface area (Å²) in [4.78, 5) is 4.65. The first kappa shape index (κ1) is 23.2. The summed E-state index contributed by atoms with van der Waals surface area (Å²) in [5.41, 5.74) is 7.86. The van der Waals surface area contributed by atoms with E-state index in [0.717, 1.165) is 16.7 Å². The Hall–Kier alpha value is -1.09. The molecule has 1 aliphatic rings. The molecule has 1 aromatic heterocycles. The monoisotopic (exact) mass is 399 g/mol. The van der Waals surface area contributed by atoms with E-state index >= 15 is 0 Å². The summed E-state index contributed by atoms with van der Waals surface area (Å²) in [5.74, 6) is 3.44. The highest BCUT2D eigenvalue weighted by atomic mass is 28.3. The minimum absolute atomic E-state index is 0.348. The molecule has 1 aliphatic heterocycles. The first-order chi connectivity index (χ1) is 12.7. The Kier molecular flexibility index (Phi) is 6.60. The van der Waals surface area contributed by atoms with Crippen LogP contribution in [0.1, 0.15) is 80.5 Å². The molecule has 1 saturated heterocycles. The zero-order chi connectivity index (χ0) is 21.5. The number of aromatic nitrogens is 1. The van der Waals surface area contributed by atoms with Crippen LogP contribution < -0.4 is 5.46 Å². The van der Waals surface area contributed by atoms with Crippen LogP contribution in [0.3, 0.4) is 0 Å². The molecule has 0 radical (unpaired) electrons. The number of aryl methyl sites for hydroxylation is 1. The van der Waals surface area contributed by atoms with Gasteiger partial charge in [0, 0.05) is 11.7 Å². The van der Waals surface area contributed by atoms with Crippen LogP contribution in [-0.4, -0.2) is 31.4 Å². The fourth-order valence-corrected chi connectivity index (χ4v) is 9.67. The number of hydrogen-bond donors (Lipinski definition) is 0. The normalized spacial score (nSPS) is 18.7. The number of hydrogen-bond acceptors (Lipinski definition) is 3. The van der Waals surface area contributed by atoms with Crippen molar-refractivity contribution in [3.63, 3.8) is 0 Å². The van der Waals surface area contributed by atoms with Crippen LogP contribution >= 0.6 is 0 Å². The van der Waals surface area contributed by atoms with Gasteiger partial charge in [-0.15, -0.1) is 5.54 Å². The lowest BCUT2D eigenvalue weighted by Gasteiger charge is -2.38. The lowest BCUT2D eigenvalue weighted by molar-refractivity contribution is 0.00578. The van der Waals surface area contributed by atoms with E-state index in [4.69, 9.17) is 9.31 Å². The minimum Gasteiger partial charge on any atom is -0.399 e. The topological polar surface area (TPSA) is 31.4 Å². The average Bonchev–Trinajstić information content (AvgIpc) is 2.74. The summed E-state index contributed by atoms with van der Waals surface area (Å²) in [6.07, 6.45) is 1.88. The standard InChI is InChI=1S/C23H38BNO2Si/c1-16(2)28(17(3)4,18(5)6)13-12-20-14-19(7)21(15-25-20)24-26-22(8,9)23(10,11)27-24/h14-18H,1-11H3. The zero-order valence-electron chi connectivity index (χ0n) is 19.7. The summed E-state index contributed by atoms with van der Waals surface area (Å²) in [6.45, 7) is 24.4. The summed E-state index contributed by atoms with van der Waals surface area (Å²) in [7, 11) is -2.14. The highest BCUT2D eigenvalue weighted by Crippen LogP contribution is 2.41. The highest BCUT2D eigenvalue weighted by molar-refractivity contribution is 6.90. The lowest BCUT2D eigenvalue weighted by Crippen LogP contribution is -2.43. The van der Waals surface area contributed by atoms with Gasteiger partial charge in [0.2, 0.25) is 0 Å². The van der Waals surface area contributed by atoms with Crippen molar-refractivity contribution in [2.45, 2.75) is 104 Å². The van der Waals surface area contributed by atoms with Gasteiger partial charge in [-0.3, -0.25) is 0 Å². The molecule has 5 heteroatoms. The predicted molar refractivity (Wildman–Crippen MR) is 123 cm³/mol. The average molecular weight is 399 g/mol. The van der Waals surface area contributed by atoms with E-state index in [2.05, 4.69) is 98.7 Å². The van der Waals surface area contributed by atoms with Gasteiger partial charge < -0.3 is 9.31 Å². The second-order valence-electron chi connectivity index (χ2n) is 10.2. The Labute approximate surface area is 174 Å². The number of rotatable bonds is 4. The van der Waals surface area contributed by atoms with Crippen molar-refractivity contribution in [1.82, 2.24) is 4.98 Å². The van der Waals surface area contributed by atoms with E-state index in [-0.39, 0.29) is 18.3 Å². The lowest BCUT2D eigenvalue weighted by atomic mass is 9.77. The molecule has 0 bridgehead atoms. The molecule has 28 heavy (non-hydrogen) atoms. The Morgan fingerprint density at radius 3 is 1.79 bits per heavy atom. The Morgan fingerprint density at radius 1 is 0.929 bits per heavy atom. The Bertz CT molecular complexity index is 737. The van der Waals surface area contributed by atoms with Crippen LogP contribution in [0.4, 0.5) is 0 Å². The Balaban J connectivity index is 2.35. The van der Waals surface area contributed by atoms with Gasteiger partial charge in [-0.25, -0.2) is 4.98 Å². The maximum Gasteiger partial charge on any atom is 0.496 e. The Morgan fingerprint density at radius 2 is 1.39 bits per heavy atom. The molecular formula is C23H38BNO2Si. The summed E-state index contributed by atoms with van der Waals surface area (Å²) < 4.78 is 12.4. The molecule has 3 nitrogen and oxygen atoms in total. The van der Waals surface area contributed by atoms with Gasteiger partial charge in [0.05, 0.1) is 11.2 Å². The third-order valence-electron chi connectivity index (χ3n) is 6.93. The van der Waals surface area contributed by atoms with E-state index < -0.39 is 8.07 Å². The smallest absolute Gasteiger partial charge is 0.399 e. The van der Waals surface area contributed by atoms with Crippen molar-refractivity contribution in [2.24, 2.45) is 0 Å². The van der Waals surface area contributed by atoms with E-state index in [0.29, 0.717) is 16.6 Å². The van der Waals surface area contributed by atoms with Crippen molar-refractivity contribution < 1.29 is 9.31 Å². The largest absolute Gasteiger partial charge is 0.496 e. The van der Waals surface area contributed by atoms with Crippen LogP contribution in [0.15, 0.2) is 12.3 Å². The molecule has 2 heterocycles. The molecule has 0 amide bonds. The van der Waals surface area contributed by atoms with Crippen LogP contribution in [-0.2, 0) is 9.31 Å². The molecule has 1 aromatic rings. The third kappa shape index (κ3) is 4.10. The van der Waals surface area contributed by atoms with E-state index in [1.54, 1.807) is 0 Å². The van der Waals surface area contributed by atoms with E-state index in [1.165, 1.54) is 0 Å². The third-order valence-corrected chi connectivity index (χ3v) is 13.2. The molecule has 0 N–H and O–H groups in total. The first-order valence-electron chi connectivity index (χ1n) is 10.6. The fourth-order valence-electron chi connectivity index (χ4n) is 4.46. The molecule has 0 spiro atoms. The van der Waals surface area contributed by atoms with Crippen LogP contribution in [0.25, 0.3) is 0 Å². The summed E-state index contributed by atoms with van der Waals surface area (Å²) in [6, 6.07) is 2.08.